The zero-order chi connectivity index (χ0) is 34.9. The number of rotatable bonds is 9. The van der Waals surface area contributed by atoms with Crippen LogP contribution in [0.3, 0.4) is 0 Å². The van der Waals surface area contributed by atoms with Crippen LogP contribution in [0.25, 0.3) is 11.6 Å². The third-order valence-electron chi connectivity index (χ3n) is 11.4. The molecule has 260 valence electrons. The summed E-state index contributed by atoms with van der Waals surface area (Å²) in [5, 5.41) is 32.1. The summed E-state index contributed by atoms with van der Waals surface area (Å²) in [4.78, 5) is 32.2. The smallest absolute Gasteiger partial charge is 0.455 e. The number of allylic oxidation sites excluding steroid dienone is 1. The van der Waals surface area contributed by atoms with E-state index in [-0.39, 0.29) is 36.7 Å². The fourth-order valence-electron chi connectivity index (χ4n) is 8.98. The predicted molar refractivity (Wildman–Crippen MR) is 195 cm³/mol. The average molecular weight is 675 g/mol. The standard InChI is InChI=1S/C41H47BN2O6/c1-26-19-29(20-27(2)39(26)46)21-31(30-11-7-4-8-12-30)13-14-36-37-32(25-45)22-34-38(35(37)23-42(49)50-36)41(48)44(40(34)47)33-15-17-43(18-16-33)24-28-9-5-3-6-10-28/h3-12,19-21,33-36,38,45-46,49H,13-18,22-25H2,1-2H3/b31-21-/t34-,35+,36-,38-/m1/s1. The molecule has 0 spiro atoms. The van der Waals surface area contributed by atoms with E-state index in [1.807, 2.05) is 62.4 Å². The van der Waals surface area contributed by atoms with Crippen LogP contribution in [0.2, 0.25) is 6.32 Å². The van der Waals surface area contributed by atoms with Crippen LogP contribution in [-0.2, 0) is 20.8 Å². The number of amides is 2. The number of aromatic hydroxyl groups is 1. The third-order valence-corrected chi connectivity index (χ3v) is 11.4. The van der Waals surface area contributed by atoms with Gasteiger partial charge in [0.15, 0.2) is 0 Å². The van der Waals surface area contributed by atoms with Gasteiger partial charge >= 0.3 is 7.12 Å². The summed E-state index contributed by atoms with van der Waals surface area (Å²) in [7, 11) is -1.07. The number of phenolic OH excluding ortho intramolecular Hbond substituents is 1. The highest BCUT2D eigenvalue weighted by molar-refractivity contribution is 6.43. The first-order valence-electron chi connectivity index (χ1n) is 18.1. The van der Waals surface area contributed by atoms with Gasteiger partial charge in [0.25, 0.3) is 0 Å². The molecular formula is C41H47BN2O6. The van der Waals surface area contributed by atoms with E-state index in [1.54, 1.807) is 4.90 Å². The van der Waals surface area contributed by atoms with Gasteiger partial charge in [0.2, 0.25) is 11.8 Å². The molecule has 3 aromatic rings. The van der Waals surface area contributed by atoms with E-state index in [0.717, 1.165) is 71.4 Å². The highest BCUT2D eigenvalue weighted by atomic mass is 16.5. The molecule has 0 bridgehead atoms. The van der Waals surface area contributed by atoms with Crippen LogP contribution in [-0.4, -0.2) is 75.8 Å². The molecule has 0 radical (unpaired) electrons. The Morgan fingerprint density at radius 2 is 1.60 bits per heavy atom. The molecule has 3 heterocycles. The van der Waals surface area contributed by atoms with Crippen LogP contribution in [0, 0.1) is 31.6 Å². The van der Waals surface area contributed by atoms with Crippen molar-refractivity contribution >= 4 is 30.6 Å². The molecule has 3 saturated heterocycles. The van der Waals surface area contributed by atoms with Gasteiger partial charge in [-0.2, -0.15) is 0 Å². The lowest BCUT2D eigenvalue weighted by molar-refractivity contribution is -0.144. The third kappa shape index (κ3) is 6.84. The van der Waals surface area contributed by atoms with Gasteiger partial charge in [-0.3, -0.25) is 19.4 Å². The Morgan fingerprint density at radius 1 is 0.940 bits per heavy atom. The van der Waals surface area contributed by atoms with E-state index in [0.29, 0.717) is 25.0 Å². The van der Waals surface area contributed by atoms with Gasteiger partial charge in [-0.25, -0.2) is 0 Å². The number of likely N-dealkylation sites (tertiary alicyclic amines) is 2. The van der Waals surface area contributed by atoms with Crippen LogP contribution in [0.1, 0.15) is 59.9 Å². The Morgan fingerprint density at radius 3 is 2.26 bits per heavy atom. The number of nitrogens with zero attached hydrogens (tertiary/aromatic N) is 2. The molecular weight excluding hydrogens is 627 g/mol. The highest BCUT2D eigenvalue weighted by Crippen LogP contribution is 2.51. The van der Waals surface area contributed by atoms with Crippen molar-refractivity contribution in [3.8, 4) is 5.75 Å². The SMILES string of the molecule is Cc1cc(/C=C(/CC[C@H]2OB(O)C[C@H]3C2=C(CO)C[C@H]2C(=O)N(C4CCN(Cc5ccccc5)CC4)C(=O)[C@H]23)c2ccccc2)cc(C)c1O. The molecule has 4 atom stereocenters. The summed E-state index contributed by atoms with van der Waals surface area (Å²) in [6.45, 7) is 6.06. The molecule has 0 unspecified atom stereocenters. The Balaban J connectivity index is 1.10. The van der Waals surface area contributed by atoms with Gasteiger partial charge in [0.1, 0.15) is 5.75 Å². The van der Waals surface area contributed by atoms with Crippen molar-refractivity contribution in [3.63, 3.8) is 0 Å². The second kappa shape index (κ2) is 14.7. The van der Waals surface area contributed by atoms with Crippen LogP contribution in [0.5, 0.6) is 5.75 Å². The van der Waals surface area contributed by atoms with E-state index in [2.05, 4.69) is 35.2 Å². The minimum Gasteiger partial charge on any atom is -0.507 e. The molecule has 1 aliphatic carbocycles. The van der Waals surface area contributed by atoms with Crippen molar-refractivity contribution in [3.05, 3.63) is 112 Å². The largest absolute Gasteiger partial charge is 0.507 e. The van der Waals surface area contributed by atoms with Crippen molar-refractivity contribution in [2.45, 2.75) is 71.0 Å². The topological polar surface area (TPSA) is 111 Å². The second-order valence-electron chi connectivity index (χ2n) is 14.6. The number of hydrogen-bond donors (Lipinski definition) is 3. The molecule has 9 heteroatoms. The molecule has 50 heavy (non-hydrogen) atoms. The first kappa shape index (κ1) is 34.4. The normalized spacial score (nSPS) is 24.9. The quantitative estimate of drug-likeness (QED) is 0.114. The van der Waals surface area contributed by atoms with E-state index in [9.17, 15) is 24.8 Å². The number of aliphatic hydroxyl groups excluding tert-OH is 1. The molecule has 8 nitrogen and oxygen atoms in total. The van der Waals surface area contributed by atoms with Crippen molar-refractivity contribution in [2.24, 2.45) is 17.8 Å². The van der Waals surface area contributed by atoms with Gasteiger partial charge < -0.3 is 19.9 Å². The lowest BCUT2D eigenvalue weighted by Crippen LogP contribution is -2.48. The minimum atomic E-state index is -1.07. The maximum atomic E-state index is 14.3. The lowest BCUT2D eigenvalue weighted by Gasteiger charge is -2.43. The molecule has 0 saturated carbocycles. The number of hydrogen-bond acceptors (Lipinski definition) is 7. The van der Waals surface area contributed by atoms with Crippen LogP contribution < -0.4 is 0 Å². The van der Waals surface area contributed by atoms with E-state index < -0.39 is 25.1 Å². The molecule has 4 aliphatic rings. The van der Waals surface area contributed by atoms with Crippen molar-refractivity contribution < 1.29 is 29.5 Å². The van der Waals surface area contributed by atoms with E-state index >= 15 is 0 Å². The number of phenols is 1. The molecule has 0 aromatic heterocycles. The van der Waals surface area contributed by atoms with Gasteiger partial charge in [0.05, 0.1) is 24.5 Å². The zero-order valence-corrected chi connectivity index (χ0v) is 29.0. The maximum Gasteiger partial charge on any atom is 0.455 e. The Bertz CT molecular complexity index is 1760. The summed E-state index contributed by atoms with van der Waals surface area (Å²) in [5.74, 6) is -1.40. The van der Waals surface area contributed by atoms with Gasteiger partial charge in [-0.1, -0.05) is 66.7 Å². The average Bonchev–Trinajstić information content (AvgIpc) is 3.38. The molecule has 2 amide bonds. The summed E-state index contributed by atoms with van der Waals surface area (Å²) >= 11 is 0. The molecule has 7 rings (SSSR count). The van der Waals surface area contributed by atoms with Gasteiger partial charge in [0, 0.05) is 25.7 Å². The van der Waals surface area contributed by atoms with E-state index in [1.165, 1.54) is 5.56 Å². The second-order valence-corrected chi connectivity index (χ2v) is 14.6. The maximum absolute atomic E-state index is 14.3. The van der Waals surface area contributed by atoms with E-state index in [4.69, 9.17) is 4.65 Å². The monoisotopic (exact) mass is 674 g/mol. The fraction of sp³-hybridized carbons (Fsp3) is 0.415. The number of aryl methyl sites for hydroxylation is 2. The molecule has 3 fully saturated rings. The van der Waals surface area contributed by atoms with Gasteiger partial charge in [-0.15, -0.1) is 0 Å². The molecule has 3 aliphatic heterocycles. The minimum absolute atomic E-state index is 0.127. The van der Waals surface area contributed by atoms with Crippen molar-refractivity contribution in [1.29, 1.82) is 0 Å². The number of piperidine rings is 1. The van der Waals surface area contributed by atoms with Crippen molar-refractivity contribution in [1.82, 2.24) is 9.80 Å². The highest BCUT2D eigenvalue weighted by Gasteiger charge is 2.58. The zero-order valence-electron chi connectivity index (χ0n) is 29.0. The summed E-state index contributed by atoms with van der Waals surface area (Å²) in [6.07, 6.45) is 4.83. The first-order valence-corrected chi connectivity index (χ1v) is 18.1. The summed E-state index contributed by atoms with van der Waals surface area (Å²) in [5.41, 5.74) is 7.65. The van der Waals surface area contributed by atoms with Crippen LogP contribution >= 0.6 is 0 Å². The number of fused-ring (bicyclic) bond motifs is 3. The number of carbonyl (C=O) groups excluding carboxylic acids is 2. The molecule has 3 aromatic carbocycles. The Kier molecular flexibility index (Phi) is 10.1. The number of benzene rings is 3. The Hall–Kier alpha value is -4.02. The van der Waals surface area contributed by atoms with Crippen LogP contribution in [0.4, 0.5) is 0 Å². The van der Waals surface area contributed by atoms with Gasteiger partial charge in [-0.05, 0) is 115 Å². The Labute approximate surface area is 295 Å². The fourth-order valence-corrected chi connectivity index (χ4v) is 8.98. The predicted octanol–water partition coefficient (Wildman–Crippen LogP) is 5.78. The number of imide groups is 1. The van der Waals surface area contributed by atoms with Crippen LogP contribution in [0.15, 0.2) is 83.9 Å². The number of carbonyl (C=O) groups is 2. The molecule has 3 N–H and O–H groups in total. The van der Waals surface area contributed by atoms with Crippen molar-refractivity contribution in [2.75, 3.05) is 19.7 Å². The number of aliphatic hydroxyl groups is 1. The summed E-state index contributed by atoms with van der Waals surface area (Å²) in [6, 6.07) is 24.3. The summed E-state index contributed by atoms with van der Waals surface area (Å²) < 4.78 is 6.20. The lowest BCUT2D eigenvalue weighted by atomic mass is 9.58. The first-order chi connectivity index (χ1) is 24.2.